The summed E-state index contributed by atoms with van der Waals surface area (Å²) in [5.74, 6) is 5.39. The Bertz CT molecular complexity index is 388. The minimum atomic E-state index is -0.950. The lowest BCUT2D eigenvalue weighted by Crippen LogP contribution is -2.53. The number of nitrogens with two attached hydrogens (primary N) is 2. The summed E-state index contributed by atoms with van der Waals surface area (Å²) < 4.78 is 5.55. The van der Waals surface area contributed by atoms with Crippen molar-refractivity contribution in [2.45, 2.75) is 32.7 Å². The van der Waals surface area contributed by atoms with Gasteiger partial charge in [-0.15, -0.1) is 0 Å². The SMILES string of the molecule is CC1(C)COC/C(=C(/N)C2CC2)N(N)C1C(=O)O. The molecule has 5 N–H and O–H groups in total. The average molecular weight is 255 g/mol. The number of carbonyl (C=O) groups is 1. The van der Waals surface area contributed by atoms with Gasteiger partial charge in [-0.3, -0.25) is 5.01 Å². The van der Waals surface area contributed by atoms with Gasteiger partial charge in [-0.1, -0.05) is 13.8 Å². The van der Waals surface area contributed by atoms with Crippen molar-refractivity contribution < 1.29 is 14.6 Å². The van der Waals surface area contributed by atoms with Crippen molar-refractivity contribution in [1.82, 2.24) is 5.01 Å². The van der Waals surface area contributed by atoms with E-state index in [-0.39, 0.29) is 6.61 Å². The van der Waals surface area contributed by atoms with Crippen LogP contribution in [-0.4, -0.2) is 35.3 Å². The van der Waals surface area contributed by atoms with Gasteiger partial charge < -0.3 is 15.6 Å². The molecule has 2 aliphatic rings. The minimum Gasteiger partial charge on any atom is -0.480 e. The molecule has 1 aliphatic heterocycles. The second kappa shape index (κ2) is 4.44. The molecule has 6 nitrogen and oxygen atoms in total. The zero-order chi connectivity index (χ0) is 13.5. The highest BCUT2D eigenvalue weighted by molar-refractivity contribution is 5.75. The standard InChI is InChI=1S/C12H21N3O3/c1-12(2)6-18-5-8(9(13)7-3-4-7)15(14)10(12)11(16)17/h7,10H,3-6,13-14H2,1-2H3,(H,16,17)/b9-8-. The molecule has 6 heteroatoms. The molecule has 1 unspecified atom stereocenters. The Labute approximate surface area is 107 Å². The van der Waals surface area contributed by atoms with E-state index in [1.165, 1.54) is 5.01 Å². The fourth-order valence-corrected chi connectivity index (χ4v) is 2.41. The first kappa shape index (κ1) is 13.2. The maximum Gasteiger partial charge on any atom is 0.328 e. The Morgan fingerprint density at radius 2 is 2.11 bits per heavy atom. The van der Waals surface area contributed by atoms with Gasteiger partial charge in [-0.05, 0) is 12.8 Å². The maximum absolute atomic E-state index is 11.4. The molecule has 0 aromatic heterocycles. The van der Waals surface area contributed by atoms with Crippen molar-refractivity contribution >= 4 is 5.97 Å². The van der Waals surface area contributed by atoms with E-state index < -0.39 is 17.4 Å². The lowest BCUT2D eigenvalue weighted by atomic mass is 9.85. The fourth-order valence-electron chi connectivity index (χ4n) is 2.41. The predicted octanol–water partition coefficient (Wildman–Crippen LogP) is 0.252. The van der Waals surface area contributed by atoms with Crippen LogP contribution in [-0.2, 0) is 9.53 Å². The second-order valence-electron chi connectivity index (χ2n) is 5.81. The monoisotopic (exact) mass is 255 g/mol. The minimum absolute atomic E-state index is 0.284. The van der Waals surface area contributed by atoms with E-state index in [4.69, 9.17) is 16.3 Å². The molecular weight excluding hydrogens is 234 g/mol. The summed E-state index contributed by atoms with van der Waals surface area (Å²) in [6.07, 6.45) is 2.09. The number of nitrogens with zero attached hydrogens (tertiary/aromatic N) is 1. The van der Waals surface area contributed by atoms with E-state index in [0.717, 1.165) is 12.8 Å². The molecule has 1 heterocycles. The number of ether oxygens (including phenoxy) is 1. The number of hydrogen-bond donors (Lipinski definition) is 3. The highest BCUT2D eigenvalue weighted by Crippen LogP contribution is 2.38. The molecular formula is C12H21N3O3. The Balaban J connectivity index is 2.35. The van der Waals surface area contributed by atoms with E-state index >= 15 is 0 Å². The van der Waals surface area contributed by atoms with Crippen LogP contribution in [0.1, 0.15) is 26.7 Å². The van der Waals surface area contributed by atoms with E-state index in [2.05, 4.69) is 0 Å². The van der Waals surface area contributed by atoms with E-state index in [1.54, 1.807) is 0 Å². The van der Waals surface area contributed by atoms with Crippen LogP contribution in [0.25, 0.3) is 0 Å². The fraction of sp³-hybridized carbons (Fsp3) is 0.750. The Morgan fingerprint density at radius 3 is 2.61 bits per heavy atom. The topological polar surface area (TPSA) is 102 Å². The summed E-state index contributed by atoms with van der Waals surface area (Å²) >= 11 is 0. The quantitative estimate of drug-likeness (QED) is 0.611. The van der Waals surface area contributed by atoms with Gasteiger partial charge in [0.05, 0.1) is 18.9 Å². The molecule has 102 valence electrons. The van der Waals surface area contributed by atoms with Crippen LogP contribution in [0.2, 0.25) is 0 Å². The lowest BCUT2D eigenvalue weighted by Gasteiger charge is -2.35. The number of rotatable bonds is 2. The molecule has 0 radical (unpaired) electrons. The maximum atomic E-state index is 11.4. The zero-order valence-corrected chi connectivity index (χ0v) is 10.8. The third-order valence-corrected chi connectivity index (χ3v) is 3.63. The third-order valence-electron chi connectivity index (χ3n) is 3.63. The number of aliphatic carboxylic acids is 1. The normalized spacial score (nSPS) is 30.8. The van der Waals surface area contributed by atoms with Crippen LogP contribution in [0, 0.1) is 11.3 Å². The summed E-state index contributed by atoms with van der Waals surface area (Å²) in [4.78, 5) is 11.4. The zero-order valence-electron chi connectivity index (χ0n) is 10.8. The van der Waals surface area contributed by atoms with Gasteiger partial charge in [0.1, 0.15) is 6.04 Å². The molecule has 1 aliphatic carbocycles. The molecule has 1 atom stereocenters. The highest BCUT2D eigenvalue weighted by atomic mass is 16.5. The van der Waals surface area contributed by atoms with Crippen molar-refractivity contribution in [3.63, 3.8) is 0 Å². The van der Waals surface area contributed by atoms with E-state index in [1.807, 2.05) is 13.8 Å². The highest BCUT2D eigenvalue weighted by Gasteiger charge is 2.43. The van der Waals surface area contributed by atoms with Gasteiger partial charge in [-0.25, -0.2) is 10.6 Å². The molecule has 0 aromatic carbocycles. The second-order valence-corrected chi connectivity index (χ2v) is 5.81. The van der Waals surface area contributed by atoms with Gasteiger partial charge in [0.2, 0.25) is 0 Å². The number of hydrazine groups is 1. The molecule has 0 aromatic rings. The Morgan fingerprint density at radius 1 is 1.50 bits per heavy atom. The summed E-state index contributed by atoms with van der Waals surface area (Å²) in [6.45, 7) is 4.30. The van der Waals surface area contributed by atoms with Gasteiger partial charge in [0.25, 0.3) is 0 Å². The summed E-state index contributed by atoms with van der Waals surface area (Å²) in [5, 5.41) is 10.7. The predicted molar refractivity (Wildman–Crippen MR) is 66.0 cm³/mol. The van der Waals surface area contributed by atoms with Crippen LogP contribution < -0.4 is 11.6 Å². The van der Waals surface area contributed by atoms with Crippen molar-refractivity contribution in [3.8, 4) is 0 Å². The summed E-state index contributed by atoms with van der Waals surface area (Å²) in [6, 6.07) is -0.827. The van der Waals surface area contributed by atoms with Crippen LogP contribution in [0.4, 0.5) is 0 Å². The smallest absolute Gasteiger partial charge is 0.328 e. The number of hydrogen-bond acceptors (Lipinski definition) is 5. The molecule has 0 bridgehead atoms. The van der Waals surface area contributed by atoms with Gasteiger partial charge in [-0.2, -0.15) is 0 Å². The number of carboxylic acid groups (broad SMARTS) is 1. The molecule has 1 saturated carbocycles. The Hall–Kier alpha value is -1.27. The van der Waals surface area contributed by atoms with Crippen molar-refractivity contribution in [2.24, 2.45) is 22.9 Å². The lowest BCUT2D eigenvalue weighted by molar-refractivity contribution is -0.147. The molecule has 0 spiro atoms. The molecule has 2 rings (SSSR count). The van der Waals surface area contributed by atoms with Crippen molar-refractivity contribution in [2.75, 3.05) is 13.2 Å². The summed E-state index contributed by atoms with van der Waals surface area (Å²) in [7, 11) is 0. The van der Waals surface area contributed by atoms with Gasteiger partial charge in [0, 0.05) is 17.0 Å². The third kappa shape index (κ3) is 2.30. The molecule has 0 amide bonds. The summed E-state index contributed by atoms with van der Waals surface area (Å²) in [5.41, 5.74) is 6.79. The number of carboxylic acids is 1. The van der Waals surface area contributed by atoms with Gasteiger partial charge in [0.15, 0.2) is 0 Å². The van der Waals surface area contributed by atoms with Crippen LogP contribution >= 0.6 is 0 Å². The van der Waals surface area contributed by atoms with Crippen molar-refractivity contribution in [1.29, 1.82) is 0 Å². The van der Waals surface area contributed by atoms with Crippen LogP contribution in [0.3, 0.4) is 0 Å². The van der Waals surface area contributed by atoms with E-state index in [0.29, 0.717) is 23.9 Å². The largest absolute Gasteiger partial charge is 0.480 e. The first-order valence-corrected chi connectivity index (χ1v) is 6.17. The van der Waals surface area contributed by atoms with Crippen molar-refractivity contribution in [3.05, 3.63) is 11.4 Å². The number of allylic oxidation sites excluding steroid dienone is 1. The molecule has 18 heavy (non-hydrogen) atoms. The van der Waals surface area contributed by atoms with Gasteiger partial charge >= 0.3 is 5.97 Å². The van der Waals surface area contributed by atoms with Crippen LogP contribution in [0.5, 0.6) is 0 Å². The molecule has 1 saturated heterocycles. The Kier molecular flexibility index (Phi) is 3.25. The van der Waals surface area contributed by atoms with Crippen LogP contribution in [0.15, 0.2) is 11.4 Å². The first-order chi connectivity index (χ1) is 8.34. The molecule has 2 fully saturated rings. The first-order valence-electron chi connectivity index (χ1n) is 6.17. The average Bonchev–Trinajstić information content (AvgIpc) is 3.04. The van der Waals surface area contributed by atoms with E-state index in [9.17, 15) is 9.90 Å².